The van der Waals surface area contributed by atoms with Crippen molar-refractivity contribution >= 4 is 11.9 Å². The fraction of sp³-hybridized carbons (Fsp3) is 0.846. The summed E-state index contributed by atoms with van der Waals surface area (Å²) in [5.74, 6) is -0.599. The monoisotopic (exact) mass is 244 g/mol. The van der Waals surface area contributed by atoms with E-state index < -0.39 is 11.9 Å². The molecule has 0 aromatic carbocycles. The zero-order valence-corrected chi connectivity index (χ0v) is 11.2. The Hall–Kier alpha value is -1.06. The third-order valence-corrected chi connectivity index (χ3v) is 2.62. The van der Waals surface area contributed by atoms with Gasteiger partial charge < -0.3 is 9.47 Å². The highest BCUT2D eigenvalue weighted by molar-refractivity contribution is 5.91. The van der Waals surface area contributed by atoms with Crippen molar-refractivity contribution in [2.75, 3.05) is 13.2 Å². The fourth-order valence-electron chi connectivity index (χ4n) is 1.49. The Labute approximate surface area is 104 Å². The molecule has 0 aromatic heterocycles. The Morgan fingerprint density at radius 2 is 1.71 bits per heavy atom. The van der Waals surface area contributed by atoms with Gasteiger partial charge in [-0.25, -0.2) is 0 Å². The van der Waals surface area contributed by atoms with Gasteiger partial charge in [0.25, 0.3) is 0 Å². The first-order valence-corrected chi connectivity index (χ1v) is 6.45. The van der Waals surface area contributed by atoms with E-state index in [2.05, 4.69) is 18.6 Å². The van der Waals surface area contributed by atoms with Gasteiger partial charge in [0, 0.05) is 0 Å². The van der Waals surface area contributed by atoms with Crippen molar-refractivity contribution in [3.63, 3.8) is 0 Å². The van der Waals surface area contributed by atoms with E-state index >= 15 is 0 Å². The van der Waals surface area contributed by atoms with Gasteiger partial charge in [-0.1, -0.05) is 33.1 Å². The molecule has 0 saturated heterocycles. The van der Waals surface area contributed by atoms with Crippen LogP contribution in [0.3, 0.4) is 0 Å². The summed E-state index contributed by atoms with van der Waals surface area (Å²) in [6.45, 7) is 6.63. The predicted octanol–water partition coefficient (Wildman–Crippen LogP) is 2.70. The minimum Gasteiger partial charge on any atom is -0.466 e. The number of unbranched alkanes of at least 4 members (excludes halogenated alkanes) is 1. The van der Waals surface area contributed by atoms with Gasteiger partial charge in [-0.05, 0) is 19.3 Å². The summed E-state index contributed by atoms with van der Waals surface area (Å²) in [6.07, 6.45) is 4.08. The molecular weight excluding hydrogens is 220 g/mol. The topological polar surface area (TPSA) is 52.6 Å². The van der Waals surface area contributed by atoms with Crippen LogP contribution >= 0.6 is 0 Å². The van der Waals surface area contributed by atoms with E-state index in [1.807, 2.05) is 0 Å². The second-order valence-corrected chi connectivity index (χ2v) is 4.08. The van der Waals surface area contributed by atoms with E-state index in [1.54, 1.807) is 6.92 Å². The van der Waals surface area contributed by atoms with Crippen LogP contribution < -0.4 is 0 Å². The number of ether oxygens (including phenoxy) is 2. The molecule has 0 aliphatic carbocycles. The zero-order valence-electron chi connectivity index (χ0n) is 11.2. The van der Waals surface area contributed by atoms with Crippen molar-refractivity contribution < 1.29 is 19.1 Å². The van der Waals surface area contributed by atoms with E-state index in [9.17, 15) is 9.59 Å². The Bertz CT molecular complexity index is 225. The normalized spacial score (nSPS) is 11.9. The van der Waals surface area contributed by atoms with Crippen LogP contribution in [0.4, 0.5) is 0 Å². The predicted molar refractivity (Wildman–Crippen MR) is 65.5 cm³/mol. The van der Waals surface area contributed by atoms with E-state index in [0.29, 0.717) is 19.1 Å². The maximum atomic E-state index is 11.3. The smallest absolute Gasteiger partial charge is 0.317 e. The van der Waals surface area contributed by atoms with Gasteiger partial charge in [0.2, 0.25) is 0 Å². The fourth-order valence-corrected chi connectivity index (χ4v) is 1.49. The lowest BCUT2D eigenvalue weighted by Gasteiger charge is -2.14. The van der Waals surface area contributed by atoms with Gasteiger partial charge in [-0.15, -0.1) is 0 Å². The van der Waals surface area contributed by atoms with Crippen LogP contribution in [-0.2, 0) is 19.1 Å². The van der Waals surface area contributed by atoms with E-state index in [1.165, 1.54) is 0 Å². The zero-order chi connectivity index (χ0) is 13.1. The molecule has 100 valence electrons. The standard InChI is InChI=1S/C13H24O4/c1-4-7-8-11(5-2)10-17-13(15)9-12(14)16-6-3/h11H,4-10H2,1-3H3. The molecule has 0 spiro atoms. The summed E-state index contributed by atoms with van der Waals surface area (Å²) in [7, 11) is 0. The van der Waals surface area contributed by atoms with E-state index in [0.717, 1.165) is 25.7 Å². The van der Waals surface area contributed by atoms with Crippen LogP contribution in [0.15, 0.2) is 0 Å². The van der Waals surface area contributed by atoms with Gasteiger partial charge in [-0.2, -0.15) is 0 Å². The van der Waals surface area contributed by atoms with Crippen molar-refractivity contribution in [2.24, 2.45) is 5.92 Å². The molecule has 0 aliphatic heterocycles. The number of hydrogen-bond donors (Lipinski definition) is 0. The summed E-state index contributed by atoms with van der Waals surface area (Å²) in [4.78, 5) is 22.3. The first-order valence-electron chi connectivity index (χ1n) is 6.45. The second kappa shape index (κ2) is 10.1. The summed E-state index contributed by atoms with van der Waals surface area (Å²) in [6, 6.07) is 0. The highest BCUT2D eigenvalue weighted by Crippen LogP contribution is 2.13. The third-order valence-electron chi connectivity index (χ3n) is 2.62. The molecule has 4 heteroatoms. The molecular formula is C13H24O4. The number of carbonyl (C=O) groups is 2. The summed E-state index contributed by atoms with van der Waals surface area (Å²) in [5, 5.41) is 0. The molecule has 0 radical (unpaired) electrons. The number of carbonyl (C=O) groups excluding carboxylic acids is 2. The van der Waals surface area contributed by atoms with Gasteiger partial charge in [-0.3, -0.25) is 9.59 Å². The van der Waals surface area contributed by atoms with Crippen molar-refractivity contribution in [2.45, 2.75) is 52.9 Å². The number of hydrogen-bond acceptors (Lipinski definition) is 4. The van der Waals surface area contributed by atoms with Gasteiger partial charge >= 0.3 is 11.9 Å². The maximum Gasteiger partial charge on any atom is 0.317 e. The van der Waals surface area contributed by atoms with Crippen LogP contribution in [0.1, 0.15) is 52.9 Å². The largest absolute Gasteiger partial charge is 0.466 e. The highest BCUT2D eigenvalue weighted by atomic mass is 16.6. The lowest BCUT2D eigenvalue weighted by atomic mass is 10.0. The molecule has 0 aromatic rings. The summed E-state index contributed by atoms with van der Waals surface area (Å²) in [5.41, 5.74) is 0. The molecule has 0 fully saturated rings. The third kappa shape index (κ3) is 8.72. The lowest BCUT2D eigenvalue weighted by Crippen LogP contribution is -2.17. The van der Waals surface area contributed by atoms with Crippen molar-refractivity contribution in [3.05, 3.63) is 0 Å². The molecule has 0 amide bonds. The van der Waals surface area contributed by atoms with Crippen LogP contribution in [0.2, 0.25) is 0 Å². The second-order valence-electron chi connectivity index (χ2n) is 4.08. The van der Waals surface area contributed by atoms with Gasteiger partial charge in [0.05, 0.1) is 13.2 Å². The molecule has 0 rings (SSSR count). The first kappa shape index (κ1) is 15.9. The van der Waals surface area contributed by atoms with Crippen LogP contribution in [0.5, 0.6) is 0 Å². The van der Waals surface area contributed by atoms with Crippen molar-refractivity contribution in [1.29, 1.82) is 0 Å². The molecule has 0 N–H and O–H groups in total. The molecule has 0 heterocycles. The van der Waals surface area contributed by atoms with Crippen molar-refractivity contribution in [1.82, 2.24) is 0 Å². The lowest BCUT2D eigenvalue weighted by molar-refractivity contribution is -0.155. The Morgan fingerprint density at radius 3 is 2.24 bits per heavy atom. The average Bonchev–Trinajstić information content (AvgIpc) is 2.29. The molecule has 0 saturated carbocycles. The average molecular weight is 244 g/mol. The summed E-state index contributed by atoms with van der Waals surface area (Å²) >= 11 is 0. The maximum absolute atomic E-state index is 11.3. The SMILES string of the molecule is CCCCC(CC)COC(=O)CC(=O)OCC. The number of rotatable bonds is 9. The van der Waals surface area contributed by atoms with Gasteiger partial charge in [0.1, 0.15) is 6.42 Å². The van der Waals surface area contributed by atoms with Crippen LogP contribution in [0.25, 0.3) is 0 Å². The molecule has 0 aliphatic rings. The van der Waals surface area contributed by atoms with E-state index in [-0.39, 0.29) is 6.42 Å². The van der Waals surface area contributed by atoms with Crippen LogP contribution in [-0.4, -0.2) is 25.2 Å². The number of esters is 2. The molecule has 17 heavy (non-hydrogen) atoms. The molecule has 1 unspecified atom stereocenters. The Kier molecular flexibility index (Phi) is 9.49. The quantitative estimate of drug-likeness (QED) is 0.462. The highest BCUT2D eigenvalue weighted by Gasteiger charge is 2.14. The minimum absolute atomic E-state index is 0.280. The minimum atomic E-state index is -0.515. The Morgan fingerprint density at radius 1 is 1.06 bits per heavy atom. The molecule has 4 nitrogen and oxygen atoms in total. The van der Waals surface area contributed by atoms with Crippen molar-refractivity contribution in [3.8, 4) is 0 Å². The molecule has 0 bridgehead atoms. The van der Waals surface area contributed by atoms with E-state index in [4.69, 9.17) is 4.74 Å². The van der Waals surface area contributed by atoms with Crippen LogP contribution in [0, 0.1) is 5.92 Å². The summed E-state index contributed by atoms with van der Waals surface area (Å²) < 4.78 is 9.74. The van der Waals surface area contributed by atoms with Gasteiger partial charge in [0.15, 0.2) is 0 Å². The molecule has 1 atom stereocenters. The first-order chi connectivity index (χ1) is 8.13. The Balaban J connectivity index is 3.76.